The Morgan fingerprint density at radius 3 is 2.81 bits per heavy atom. The molecule has 2 N–H and O–H groups in total. The van der Waals surface area contributed by atoms with Crippen molar-refractivity contribution < 1.29 is 23.4 Å². The number of hydrogen-bond acceptors (Lipinski definition) is 4. The van der Waals surface area contributed by atoms with Gasteiger partial charge in [-0.1, -0.05) is 11.6 Å². The second-order valence-electron chi connectivity index (χ2n) is 4.24. The van der Waals surface area contributed by atoms with Crippen LogP contribution in [0.15, 0.2) is 18.2 Å². The molecular weight excluding hydrogens is 306 g/mol. The summed E-state index contributed by atoms with van der Waals surface area (Å²) in [6.07, 6.45) is -2.58. The Morgan fingerprint density at radius 1 is 1.52 bits per heavy atom. The lowest BCUT2D eigenvalue weighted by molar-refractivity contribution is -0.117. The third-order valence-corrected chi connectivity index (χ3v) is 2.85. The Labute approximate surface area is 126 Å². The lowest BCUT2D eigenvalue weighted by Gasteiger charge is -2.20. The van der Waals surface area contributed by atoms with Crippen LogP contribution in [-0.4, -0.2) is 55.7 Å². The van der Waals surface area contributed by atoms with Crippen LogP contribution in [0.2, 0.25) is 5.02 Å². The highest BCUT2D eigenvalue weighted by molar-refractivity contribution is 6.31. The molecule has 0 aliphatic heterocycles. The maximum atomic E-state index is 12.4. The van der Waals surface area contributed by atoms with Gasteiger partial charge in [0.25, 0.3) is 6.43 Å². The minimum absolute atomic E-state index is 0.00948. The van der Waals surface area contributed by atoms with Crippen molar-refractivity contribution in [3.8, 4) is 5.75 Å². The minimum Gasteiger partial charge on any atom is -0.495 e. The number of nitrogens with zero attached hydrogens (tertiary/aromatic N) is 1. The summed E-state index contributed by atoms with van der Waals surface area (Å²) in [6, 6.07) is 4.69. The number of rotatable bonds is 8. The molecule has 0 aromatic heterocycles. The lowest BCUT2D eigenvalue weighted by atomic mass is 10.3. The van der Waals surface area contributed by atoms with Crippen LogP contribution in [0.5, 0.6) is 5.75 Å². The maximum Gasteiger partial charge on any atom is 0.251 e. The predicted octanol–water partition coefficient (Wildman–Crippen LogP) is 1.85. The highest BCUT2D eigenvalue weighted by Crippen LogP contribution is 2.27. The zero-order valence-corrected chi connectivity index (χ0v) is 12.2. The van der Waals surface area contributed by atoms with Crippen molar-refractivity contribution in [1.29, 1.82) is 0 Å². The molecule has 0 heterocycles. The van der Waals surface area contributed by atoms with Crippen LogP contribution in [0.25, 0.3) is 0 Å². The molecular formula is C13H17ClF2N2O3. The van der Waals surface area contributed by atoms with Crippen LogP contribution in [0.1, 0.15) is 0 Å². The molecule has 0 saturated carbocycles. The van der Waals surface area contributed by atoms with E-state index in [1.54, 1.807) is 12.1 Å². The molecule has 0 bridgehead atoms. The van der Waals surface area contributed by atoms with Crippen LogP contribution in [0.4, 0.5) is 14.5 Å². The van der Waals surface area contributed by atoms with E-state index in [2.05, 4.69) is 5.32 Å². The zero-order chi connectivity index (χ0) is 15.8. The predicted molar refractivity (Wildman–Crippen MR) is 76.2 cm³/mol. The summed E-state index contributed by atoms with van der Waals surface area (Å²) in [5.41, 5.74) is 0.357. The molecule has 0 radical (unpaired) electrons. The summed E-state index contributed by atoms with van der Waals surface area (Å²) >= 11 is 5.83. The Morgan fingerprint density at radius 2 is 2.24 bits per heavy atom. The summed E-state index contributed by atoms with van der Waals surface area (Å²) in [4.78, 5) is 13.0. The van der Waals surface area contributed by atoms with E-state index in [1.807, 2.05) is 0 Å². The first-order valence-electron chi connectivity index (χ1n) is 6.21. The van der Waals surface area contributed by atoms with Crippen molar-refractivity contribution in [3.05, 3.63) is 23.2 Å². The number of aliphatic hydroxyl groups excluding tert-OH is 1. The van der Waals surface area contributed by atoms with E-state index in [9.17, 15) is 13.6 Å². The largest absolute Gasteiger partial charge is 0.495 e. The Kier molecular flexibility index (Phi) is 7.35. The molecule has 21 heavy (non-hydrogen) atoms. The minimum atomic E-state index is -2.58. The van der Waals surface area contributed by atoms with Crippen LogP contribution < -0.4 is 10.1 Å². The van der Waals surface area contributed by atoms with E-state index in [0.29, 0.717) is 16.5 Å². The number of amides is 1. The lowest BCUT2D eigenvalue weighted by Crippen LogP contribution is -2.38. The molecule has 118 valence electrons. The summed E-state index contributed by atoms with van der Waals surface area (Å²) in [5, 5.41) is 11.8. The number of halogens is 3. The van der Waals surface area contributed by atoms with Gasteiger partial charge < -0.3 is 15.2 Å². The molecule has 1 amide bonds. The second kappa shape index (κ2) is 8.76. The fourth-order valence-electron chi connectivity index (χ4n) is 1.74. The van der Waals surface area contributed by atoms with Gasteiger partial charge in [-0.3, -0.25) is 9.69 Å². The zero-order valence-electron chi connectivity index (χ0n) is 11.5. The normalized spacial score (nSPS) is 11.0. The third-order valence-electron chi connectivity index (χ3n) is 2.62. The molecule has 0 aliphatic carbocycles. The summed E-state index contributed by atoms with van der Waals surface area (Å²) < 4.78 is 29.8. The van der Waals surface area contributed by atoms with Gasteiger partial charge in [0, 0.05) is 11.6 Å². The van der Waals surface area contributed by atoms with Crippen molar-refractivity contribution in [2.24, 2.45) is 0 Å². The van der Waals surface area contributed by atoms with Crippen molar-refractivity contribution in [1.82, 2.24) is 4.90 Å². The smallest absolute Gasteiger partial charge is 0.251 e. The van der Waals surface area contributed by atoms with Crippen LogP contribution in [0, 0.1) is 0 Å². The summed E-state index contributed by atoms with van der Waals surface area (Å²) in [6.45, 7) is -1.16. The van der Waals surface area contributed by atoms with Gasteiger partial charge >= 0.3 is 0 Å². The van der Waals surface area contributed by atoms with Crippen molar-refractivity contribution in [2.45, 2.75) is 6.43 Å². The van der Waals surface area contributed by atoms with Gasteiger partial charge in [-0.05, 0) is 18.2 Å². The number of anilines is 1. The first kappa shape index (κ1) is 17.6. The van der Waals surface area contributed by atoms with Gasteiger partial charge in [0.15, 0.2) is 0 Å². The van der Waals surface area contributed by atoms with Gasteiger partial charge in [-0.2, -0.15) is 0 Å². The van der Waals surface area contributed by atoms with E-state index in [4.69, 9.17) is 21.4 Å². The first-order chi connectivity index (χ1) is 9.96. The number of alkyl halides is 2. The monoisotopic (exact) mass is 322 g/mol. The van der Waals surface area contributed by atoms with Gasteiger partial charge in [-0.15, -0.1) is 0 Å². The highest BCUT2D eigenvalue weighted by Gasteiger charge is 2.16. The van der Waals surface area contributed by atoms with Crippen molar-refractivity contribution in [3.63, 3.8) is 0 Å². The Bertz CT molecular complexity index is 475. The molecule has 0 unspecified atom stereocenters. The molecule has 1 aromatic rings. The van der Waals surface area contributed by atoms with Crippen molar-refractivity contribution >= 4 is 23.2 Å². The second-order valence-corrected chi connectivity index (χ2v) is 4.68. The number of carbonyl (C=O) groups excluding carboxylic acids is 1. The molecule has 0 saturated heterocycles. The number of aliphatic hydroxyl groups is 1. The highest BCUT2D eigenvalue weighted by atomic mass is 35.5. The average Bonchev–Trinajstić information content (AvgIpc) is 2.38. The number of nitrogens with one attached hydrogen (secondary N) is 1. The molecule has 1 rings (SSSR count). The number of hydrogen-bond donors (Lipinski definition) is 2. The maximum absolute atomic E-state index is 12.4. The van der Waals surface area contributed by atoms with Gasteiger partial charge in [-0.25, -0.2) is 8.78 Å². The van der Waals surface area contributed by atoms with Crippen molar-refractivity contribution in [2.75, 3.05) is 38.7 Å². The van der Waals surface area contributed by atoms with E-state index >= 15 is 0 Å². The topological polar surface area (TPSA) is 61.8 Å². The molecule has 1 aromatic carbocycles. The summed E-state index contributed by atoms with van der Waals surface area (Å²) in [7, 11) is 1.44. The standard InChI is InChI=1S/C13H17ClF2N2O3/c1-21-11-3-2-9(14)6-10(11)17-13(20)8-18(4-5-19)7-12(15)16/h2-3,6,12,19H,4-5,7-8H2,1H3,(H,17,20). The van der Waals surface area contributed by atoms with E-state index in [1.165, 1.54) is 13.2 Å². The van der Waals surface area contributed by atoms with E-state index in [-0.39, 0.29) is 19.7 Å². The third kappa shape index (κ3) is 6.24. The number of benzene rings is 1. The molecule has 0 fully saturated rings. The Hall–Kier alpha value is -1.44. The van der Waals surface area contributed by atoms with Gasteiger partial charge in [0.2, 0.25) is 5.91 Å². The Balaban J connectivity index is 2.69. The fourth-order valence-corrected chi connectivity index (χ4v) is 1.91. The fraction of sp³-hybridized carbons (Fsp3) is 0.462. The number of methoxy groups -OCH3 is 1. The molecule has 5 nitrogen and oxygen atoms in total. The molecule has 0 spiro atoms. The quantitative estimate of drug-likeness (QED) is 0.767. The first-order valence-corrected chi connectivity index (χ1v) is 6.58. The van der Waals surface area contributed by atoms with Gasteiger partial charge in [0.05, 0.1) is 32.5 Å². The number of ether oxygens (including phenoxy) is 1. The van der Waals surface area contributed by atoms with Gasteiger partial charge in [0.1, 0.15) is 5.75 Å². The van der Waals surface area contributed by atoms with Crippen LogP contribution in [-0.2, 0) is 4.79 Å². The molecule has 8 heteroatoms. The average molecular weight is 323 g/mol. The van der Waals surface area contributed by atoms with E-state index < -0.39 is 18.9 Å². The summed E-state index contributed by atoms with van der Waals surface area (Å²) in [5.74, 6) is -0.0833. The van der Waals surface area contributed by atoms with E-state index in [0.717, 1.165) is 4.90 Å². The molecule has 0 aliphatic rings. The molecule has 0 atom stereocenters. The van der Waals surface area contributed by atoms with Crippen LogP contribution >= 0.6 is 11.6 Å². The SMILES string of the molecule is COc1ccc(Cl)cc1NC(=O)CN(CCO)CC(F)F. The number of carbonyl (C=O) groups is 1. The van der Waals surface area contributed by atoms with Crippen LogP contribution in [0.3, 0.4) is 0 Å².